The molecule has 0 aliphatic carbocycles. The maximum Gasteiger partial charge on any atom is 0.217 e. The number of halogens is 1. The number of likely N-dealkylation sites (N-methyl/N-ethyl adjacent to an activating group) is 1. The van der Waals surface area contributed by atoms with E-state index in [1.807, 2.05) is 0 Å². The summed E-state index contributed by atoms with van der Waals surface area (Å²) in [4.78, 5) is 2.36. The van der Waals surface area contributed by atoms with Gasteiger partial charge in [-0.05, 0) is 53.8 Å². The Labute approximate surface area is 231 Å². The van der Waals surface area contributed by atoms with Gasteiger partial charge in [0, 0.05) is 35.5 Å². The highest BCUT2D eigenvalue weighted by atomic mass is 127. The summed E-state index contributed by atoms with van der Waals surface area (Å²) in [6.07, 6.45) is 6.88. The molecule has 2 aliphatic heterocycles. The summed E-state index contributed by atoms with van der Waals surface area (Å²) in [6, 6.07) is 26.5. The number of anilines is 1. The van der Waals surface area contributed by atoms with Crippen molar-refractivity contribution >= 4 is 38.6 Å². The van der Waals surface area contributed by atoms with E-state index in [4.69, 9.17) is 0 Å². The molecule has 2 nitrogen and oxygen atoms in total. The topological polar surface area (TPSA) is 6.25 Å². The molecule has 0 saturated heterocycles. The fourth-order valence-electron chi connectivity index (χ4n) is 6.54. The third-order valence-electron chi connectivity index (χ3n) is 8.31. The van der Waals surface area contributed by atoms with Crippen molar-refractivity contribution < 1.29 is 28.6 Å². The molecule has 182 valence electrons. The second-order valence-corrected chi connectivity index (χ2v) is 11.0. The minimum absolute atomic E-state index is 0. The van der Waals surface area contributed by atoms with Gasteiger partial charge >= 0.3 is 0 Å². The summed E-state index contributed by atoms with van der Waals surface area (Å²) in [6.45, 7) is 9.37. The molecule has 6 rings (SSSR count). The number of fused-ring (bicyclic) bond motifs is 6. The predicted molar refractivity (Wildman–Crippen MR) is 150 cm³/mol. The van der Waals surface area contributed by atoms with Gasteiger partial charge in [-0.3, -0.25) is 0 Å². The molecule has 4 aromatic carbocycles. The van der Waals surface area contributed by atoms with Crippen molar-refractivity contribution in [2.24, 2.45) is 0 Å². The van der Waals surface area contributed by atoms with Crippen LogP contribution in [0.5, 0.6) is 0 Å². The molecular weight excluding hydrogens is 551 g/mol. The SMILES string of the molecule is CN1/C(=C/C=C/C2=[N+](C)c3c(ccc4ccccc34)C2(C)C)C(C)(C)c2c1ccc1ccccc21.[I-]. The Kier molecular flexibility index (Phi) is 5.90. The van der Waals surface area contributed by atoms with E-state index in [9.17, 15) is 0 Å². The summed E-state index contributed by atoms with van der Waals surface area (Å²) in [5.41, 5.74) is 7.96. The Bertz CT molecular complexity index is 1620. The lowest BCUT2D eigenvalue weighted by Crippen LogP contribution is -3.00. The van der Waals surface area contributed by atoms with Gasteiger partial charge in [-0.2, -0.15) is 4.58 Å². The van der Waals surface area contributed by atoms with Crippen LogP contribution in [0.2, 0.25) is 0 Å². The molecule has 0 radical (unpaired) electrons. The van der Waals surface area contributed by atoms with Crippen LogP contribution in [-0.2, 0) is 10.8 Å². The first-order valence-electron chi connectivity index (χ1n) is 12.5. The van der Waals surface area contributed by atoms with Crippen molar-refractivity contribution in [2.45, 2.75) is 38.5 Å². The molecule has 0 bridgehead atoms. The molecule has 0 N–H and O–H groups in total. The van der Waals surface area contributed by atoms with Crippen molar-refractivity contribution in [3.8, 4) is 0 Å². The van der Waals surface area contributed by atoms with Gasteiger partial charge in [0.1, 0.15) is 7.05 Å². The van der Waals surface area contributed by atoms with E-state index in [0.29, 0.717) is 0 Å². The minimum atomic E-state index is -0.0732. The van der Waals surface area contributed by atoms with Crippen LogP contribution in [0.1, 0.15) is 38.8 Å². The normalized spacial score (nSPS) is 18.8. The molecule has 3 heteroatoms. The third kappa shape index (κ3) is 3.39. The first-order chi connectivity index (χ1) is 16.7. The Morgan fingerprint density at radius 1 is 0.750 bits per heavy atom. The Balaban J connectivity index is 0.00000267. The summed E-state index contributed by atoms with van der Waals surface area (Å²) < 4.78 is 2.39. The van der Waals surface area contributed by atoms with E-state index < -0.39 is 0 Å². The number of hydrogen-bond acceptors (Lipinski definition) is 1. The summed E-state index contributed by atoms with van der Waals surface area (Å²) in [7, 11) is 4.41. The van der Waals surface area contributed by atoms with Crippen LogP contribution < -0.4 is 28.9 Å². The number of nitrogens with zero attached hydrogens (tertiary/aromatic N) is 2. The largest absolute Gasteiger partial charge is 1.00 e. The average Bonchev–Trinajstić information content (AvgIpc) is 3.17. The molecule has 0 spiro atoms. The van der Waals surface area contributed by atoms with Crippen molar-refractivity contribution in [1.82, 2.24) is 0 Å². The van der Waals surface area contributed by atoms with E-state index in [2.05, 4.69) is 142 Å². The van der Waals surface area contributed by atoms with E-state index >= 15 is 0 Å². The van der Waals surface area contributed by atoms with Gasteiger partial charge in [0.05, 0.1) is 10.8 Å². The van der Waals surface area contributed by atoms with Crippen molar-refractivity contribution in [3.05, 3.63) is 108 Å². The Hall–Kier alpha value is -2.92. The quantitative estimate of drug-likeness (QED) is 0.241. The van der Waals surface area contributed by atoms with E-state index in [-0.39, 0.29) is 34.8 Å². The Morgan fingerprint density at radius 2 is 1.36 bits per heavy atom. The zero-order valence-electron chi connectivity index (χ0n) is 21.9. The van der Waals surface area contributed by atoms with E-state index in [1.54, 1.807) is 0 Å². The summed E-state index contributed by atoms with van der Waals surface area (Å²) >= 11 is 0. The van der Waals surface area contributed by atoms with Gasteiger partial charge in [-0.15, -0.1) is 0 Å². The minimum Gasteiger partial charge on any atom is -1.00 e. The number of hydrogen-bond donors (Lipinski definition) is 0. The highest BCUT2D eigenvalue weighted by Gasteiger charge is 2.44. The molecule has 0 unspecified atom stereocenters. The fraction of sp³-hybridized carbons (Fsp3) is 0.242. The van der Waals surface area contributed by atoms with Gasteiger partial charge in [0.25, 0.3) is 0 Å². The highest BCUT2D eigenvalue weighted by Crippen LogP contribution is 2.50. The van der Waals surface area contributed by atoms with Crippen LogP contribution in [0.15, 0.2) is 96.7 Å². The lowest BCUT2D eigenvalue weighted by atomic mass is 9.80. The monoisotopic (exact) mass is 584 g/mol. The van der Waals surface area contributed by atoms with Crippen LogP contribution >= 0.6 is 0 Å². The molecule has 0 atom stereocenters. The standard InChI is InChI=1S/C33H33N2.HI/c1-32(2)26-20-18-23-13-8-10-15-25(23)31(26)35(6)28(32)16-11-17-29-33(3,4)30-24-14-9-7-12-22(24)19-21-27(30)34(29)5;/h7-21H,1-6H3;1H/q+1;/p-1. The number of rotatable bonds is 2. The van der Waals surface area contributed by atoms with E-state index in [1.165, 1.54) is 55.5 Å². The zero-order chi connectivity index (χ0) is 24.5. The number of benzene rings is 4. The van der Waals surface area contributed by atoms with Crippen LogP contribution in [0.25, 0.3) is 21.5 Å². The predicted octanol–water partition coefficient (Wildman–Crippen LogP) is 4.87. The lowest BCUT2D eigenvalue weighted by molar-refractivity contribution is -0.399. The number of allylic oxidation sites excluding steroid dienone is 4. The summed E-state index contributed by atoms with van der Waals surface area (Å²) in [5, 5.41) is 5.27. The highest BCUT2D eigenvalue weighted by molar-refractivity contribution is 6.07. The van der Waals surface area contributed by atoms with Gasteiger partial charge in [0.15, 0.2) is 5.71 Å². The smallest absolute Gasteiger partial charge is 0.217 e. The molecule has 2 aliphatic rings. The van der Waals surface area contributed by atoms with E-state index in [0.717, 1.165) is 0 Å². The van der Waals surface area contributed by atoms with Gasteiger partial charge < -0.3 is 28.9 Å². The van der Waals surface area contributed by atoms with Crippen LogP contribution in [0.4, 0.5) is 11.4 Å². The average molecular weight is 585 g/mol. The van der Waals surface area contributed by atoms with Crippen molar-refractivity contribution in [3.63, 3.8) is 0 Å². The second-order valence-electron chi connectivity index (χ2n) is 11.0. The fourth-order valence-corrected chi connectivity index (χ4v) is 6.54. The molecule has 0 amide bonds. The van der Waals surface area contributed by atoms with Gasteiger partial charge in [-0.25, -0.2) is 0 Å². The lowest BCUT2D eigenvalue weighted by Gasteiger charge is -2.24. The third-order valence-corrected chi connectivity index (χ3v) is 8.31. The van der Waals surface area contributed by atoms with Crippen LogP contribution in [0, 0.1) is 0 Å². The maximum atomic E-state index is 2.39. The van der Waals surface area contributed by atoms with Crippen molar-refractivity contribution in [2.75, 3.05) is 19.0 Å². The molecule has 0 aromatic heterocycles. The molecule has 0 fully saturated rings. The van der Waals surface area contributed by atoms with Crippen molar-refractivity contribution in [1.29, 1.82) is 0 Å². The zero-order valence-corrected chi connectivity index (χ0v) is 24.1. The molecule has 2 heterocycles. The molecule has 0 saturated carbocycles. The van der Waals surface area contributed by atoms with Crippen LogP contribution in [-0.4, -0.2) is 24.4 Å². The Morgan fingerprint density at radius 3 is 2.08 bits per heavy atom. The van der Waals surface area contributed by atoms with Crippen LogP contribution in [0.3, 0.4) is 0 Å². The van der Waals surface area contributed by atoms with Gasteiger partial charge in [-0.1, -0.05) is 80.6 Å². The first-order valence-corrected chi connectivity index (χ1v) is 12.5. The summed E-state index contributed by atoms with van der Waals surface area (Å²) in [5.74, 6) is 0. The van der Waals surface area contributed by atoms with Gasteiger partial charge in [0.2, 0.25) is 5.69 Å². The maximum absolute atomic E-state index is 2.39. The molecule has 36 heavy (non-hydrogen) atoms. The molecule has 4 aromatic rings. The second kappa shape index (κ2) is 8.58. The first kappa shape index (κ1) is 24.8. The molecular formula is C33H33IN2.